The number of aryl methyl sites for hydroxylation is 1. The highest BCUT2D eigenvalue weighted by molar-refractivity contribution is 5.92. The van der Waals surface area contributed by atoms with E-state index in [1.807, 2.05) is 6.20 Å². The van der Waals surface area contributed by atoms with Gasteiger partial charge in [0, 0.05) is 39.5 Å². The Bertz CT molecular complexity index is 1820. The second-order valence-electron chi connectivity index (χ2n) is 12.8. The number of nitrogens with zero attached hydrogens (tertiary/aromatic N) is 2. The van der Waals surface area contributed by atoms with Crippen LogP contribution in [0.4, 0.5) is 0 Å². The number of hydrogen-bond donors (Lipinski definition) is 4. The Morgan fingerprint density at radius 1 is 0.976 bits per heavy atom. The third-order valence-electron chi connectivity index (χ3n) is 10.4. The minimum Gasteiger partial charge on any atom is -0.470 e. The molecule has 42 heavy (non-hydrogen) atoms. The second kappa shape index (κ2) is 9.35. The molecule has 2 bridgehead atoms. The standard InChI is InChI=1S/C35H38N6O/c1-3-20-15-28(39-33(20)34-23-6-9-25(14-23)38-34)22-7-10-26-31-16-24-13-21(29-18-37-35(40-29)27-5-4-12-36-27)8-11-30(24)41(31)19(2)42-32(26)17-22/h7-8,10-11,13,15-19,23,25,27,34,36,38-39H,3-6,9,12,14H2,1-2H3,(H,37,40). The van der Waals surface area contributed by atoms with Crippen molar-refractivity contribution < 1.29 is 4.74 Å². The summed E-state index contributed by atoms with van der Waals surface area (Å²) in [5.74, 6) is 2.75. The number of aromatic nitrogens is 4. The van der Waals surface area contributed by atoms with Gasteiger partial charge in [0.2, 0.25) is 0 Å². The average molecular weight is 559 g/mol. The zero-order valence-electron chi connectivity index (χ0n) is 24.3. The lowest BCUT2D eigenvalue weighted by molar-refractivity contribution is 0.152. The van der Waals surface area contributed by atoms with E-state index in [0.29, 0.717) is 18.1 Å². The maximum Gasteiger partial charge on any atom is 0.173 e. The second-order valence-corrected chi connectivity index (χ2v) is 12.8. The molecule has 9 rings (SSSR count). The molecule has 3 aromatic heterocycles. The van der Waals surface area contributed by atoms with Crippen LogP contribution in [0.1, 0.15) is 81.3 Å². The normalized spacial score (nSPS) is 26.1. The minimum absolute atomic E-state index is 0.0954. The van der Waals surface area contributed by atoms with Crippen LogP contribution in [-0.4, -0.2) is 32.1 Å². The highest BCUT2D eigenvalue weighted by Gasteiger charge is 2.41. The van der Waals surface area contributed by atoms with Gasteiger partial charge in [-0.05, 0) is 99.9 Å². The fourth-order valence-corrected chi connectivity index (χ4v) is 8.24. The molecule has 1 saturated carbocycles. The summed E-state index contributed by atoms with van der Waals surface area (Å²) in [6, 6.07) is 19.6. The van der Waals surface area contributed by atoms with Crippen LogP contribution < -0.4 is 15.4 Å². The predicted octanol–water partition coefficient (Wildman–Crippen LogP) is 7.40. The molecule has 214 valence electrons. The number of benzene rings is 2. The zero-order chi connectivity index (χ0) is 27.9. The van der Waals surface area contributed by atoms with Gasteiger partial charge in [0.25, 0.3) is 0 Å². The Hall–Kier alpha value is -3.81. The number of aromatic amines is 2. The largest absolute Gasteiger partial charge is 0.470 e. The number of piperidine rings is 1. The molecule has 4 N–H and O–H groups in total. The van der Waals surface area contributed by atoms with E-state index in [1.165, 1.54) is 64.8 Å². The molecule has 6 heterocycles. The van der Waals surface area contributed by atoms with Crippen LogP contribution >= 0.6 is 0 Å². The van der Waals surface area contributed by atoms with E-state index in [-0.39, 0.29) is 6.23 Å². The zero-order valence-corrected chi connectivity index (χ0v) is 24.3. The molecule has 3 fully saturated rings. The molecule has 5 aromatic rings. The average Bonchev–Trinajstić information content (AvgIpc) is 3.86. The Balaban J connectivity index is 1.06. The summed E-state index contributed by atoms with van der Waals surface area (Å²) in [6.07, 6.45) is 9.26. The SMILES string of the molecule is CCc1cc(-c2ccc3c(c2)OC(C)n2c-3cc3cc(-c4cnc(C5CCCN5)[nH]4)ccc32)[nH]c1C1NC2CCC1C2. The van der Waals surface area contributed by atoms with E-state index in [4.69, 9.17) is 4.74 Å². The van der Waals surface area contributed by atoms with Gasteiger partial charge in [0.1, 0.15) is 11.6 Å². The molecule has 0 amide bonds. The van der Waals surface area contributed by atoms with Gasteiger partial charge < -0.3 is 29.9 Å². The third-order valence-corrected chi connectivity index (χ3v) is 10.4. The van der Waals surface area contributed by atoms with E-state index < -0.39 is 0 Å². The summed E-state index contributed by atoms with van der Waals surface area (Å²) in [5.41, 5.74) is 11.0. The van der Waals surface area contributed by atoms with Crippen molar-refractivity contribution in [2.24, 2.45) is 5.92 Å². The van der Waals surface area contributed by atoms with Gasteiger partial charge in [-0.2, -0.15) is 0 Å². The maximum atomic E-state index is 6.58. The lowest BCUT2D eigenvalue weighted by Gasteiger charge is -2.27. The molecule has 1 aliphatic carbocycles. The van der Waals surface area contributed by atoms with Gasteiger partial charge in [-0.25, -0.2) is 4.98 Å². The monoisotopic (exact) mass is 558 g/mol. The molecule has 7 nitrogen and oxygen atoms in total. The first-order valence-electron chi connectivity index (χ1n) is 15.9. The molecule has 2 saturated heterocycles. The fourth-order valence-electron chi connectivity index (χ4n) is 8.24. The number of H-pyrrole nitrogens is 2. The summed E-state index contributed by atoms with van der Waals surface area (Å²) in [6.45, 7) is 5.48. The van der Waals surface area contributed by atoms with Crippen molar-refractivity contribution in [1.29, 1.82) is 0 Å². The van der Waals surface area contributed by atoms with Crippen LogP contribution in [0.25, 0.3) is 44.7 Å². The Morgan fingerprint density at radius 3 is 2.69 bits per heavy atom. The number of hydrogen-bond acceptors (Lipinski definition) is 4. The van der Waals surface area contributed by atoms with Crippen LogP contribution in [-0.2, 0) is 6.42 Å². The molecule has 0 spiro atoms. The molecule has 5 unspecified atom stereocenters. The molecule has 5 atom stereocenters. The van der Waals surface area contributed by atoms with E-state index >= 15 is 0 Å². The van der Waals surface area contributed by atoms with Gasteiger partial charge in [-0.15, -0.1) is 0 Å². The van der Waals surface area contributed by atoms with Crippen molar-refractivity contribution in [3.63, 3.8) is 0 Å². The lowest BCUT2D eigenvalue weighted by atomic mass is 9.94. The van der Waals surface area contributed by atoms with Crippen LogP contribution in [0.3, 0.4) is 0 Å². The molecule has 0 radical (unpaired) electrons. The smallest absolute Gasteiger partial charge is 0.173 e. The third kappa shape index (κ3) is 3.76. The van der Waals surface area contributed by atoms with Crippen molar-refractivity contribution in [2.75, 3.05) is 6.54 Å². The van der Waals surface area contributed by atoms with E-state index in [2.05, 4.69) is 92.5 Å². The molecule has 3 aliphatic heterocycles. The first kappa shape index (κ1) is 24.8. The highest BCUT2D eigenvalue weighted by atomic mass is 16.5. The summed E-state index contributed by atoms with van der Waals surface area (Å²) < 4.78 is 8.90. The Labute approximate surface area is 246 Å². The summed E-state index contributed by atoms with van der Waals surface area (Å²) in [4.78, 5) is 12.1. The topological polar surface area (TPSA) is 82.7 Å². The number of nitrogens with one attached hydrogen (secondary N) is 4. The van der Waals surface area contributed by atoms with Crippen molar-refractivity contribution in [2.45, 2.75) is 76.7 Å². The first-order chi connectivity index (χ1) is 20.6. The van der Waals surface area contributed by atoms with Crippen LogP contribution in [0.5, 0.6) is 5.75 Å². The van der Waals surface area contributed by atoms with Crippen molar-refractivity contribution in [3.8, 4) is 39.5 Å². The van der Waals surface area contributed by atoms with Crippen molar-refractivity contribution in [3.05, 3.63) is 71.8 Å². The fraction of sp³-hybridized carbons (Fsp3) is 0.400. The predicted molar refractivity (Wildman–Crippen MR) is 166 cm³/mol. The lowest BCUT2D eigenvalue weighted by Crippen LogP contribution is -2.29. The molecular formula is C35H38N6O. The first-order valence-corrected chi connectivity index (χ1v) is 15.9. The number of rotatable bonds is 5. The number of ether oxygens (including phenoxy) is 1. The molecule has 2 aromatic carbocycles. The van der Waals surface area contributed by atoms with Crippen LogP contribution in [0, 0.1) is 5.92 Å². The van der Waals surface area contributed by atoms with Crippen molar-refractivity contribution in [1.82, 2.24) is 30.2 Å². The van der Waals surface area contributed by atoms with Gasteiger partial charge in [-0.1, -0.05) is 19.1 Å². The Morgan fingerprint density at radius 2 is 1.88 bits per heavy atom. The van der Waals surface area contributed by atoms with Gasteiger partial charge in [0.15, 0.2) is 6.23 Å². The highest BCUT2D eigenvalue weighted by Crippen LogP contribution is 2.46. The quantitative estimate of drug-likeness (QED) is 0.181. The van der Waals surface area contributed by atoms with E-state index in [0.717, 1.165) is 53.7 Å². The summed E-state index contributed by atoms with van der Waals surface area (Å²) >= 11 is 0. The number of imidazole rings is 1. The van der Waals surface area contributed by atoms with Gasteiger partial charge >= 0.3 is 0 Å². The van der Waals surface area contributed by atoms with Crippen molar-refractivity contribution >= 4 is 10.9 Å². The Kier molecular flexibility index (Phi) is 5.51. The molecule has 7 heteroatoms. The van der Waals surface area contributed by atoms with Crippen LogP contribution in [0.15, 0.2) is 54.7 Å². The van der Waals surface area contributed by atoms with Crippen LogP contribution in [0.2, 0.25) is 0 Å². The number of fused-ring (bicyclic) bond motifs is 7. The summed E-state index contributed by atoms with van der Waals surface area (Å²) in [7, 11) is 0. The summed E-state index contributed by atoms with van der Waals surface area (Å²) in [5, 5.41) is 8.64. The molecule has 4 aliphatic rings. The maximum absolute atomic E-state index is 6.58. The van der Waals surface area contributed by atoms with Gasteiger partial charge in [0.05, 0.1) is 35.2 Å². The minimum atomic E-state index is -0.0954. The van der Waals surface area contributed by atoms with Gasteiger partial charge in [-0.3, -0.25) is 0 Å². The van der Waals surface area contributed by atoms with E-state index in [1.54, 1.807) is 0 Å². The van der Waals surface area contributed by atoms with E-state index in [9.17, 15) is 0 Å². The molecular weight excluding hydrogens is 520 g/mol.